The molecule has 4 nitrogen and oxygen atoms in total. The van der Waals surface area contributed by atoms with Crippen LogP contribution in [0.1, 0.15) is 0 Å². The fourth-order valence-electron chi connectivity index (χ4n) is 1.72. The number of rotatable bonds is 2. The van der Waals surface area contributed by atoms with Crippen molar-refractivity contribution in [1.82, 2.24) is 19.1 Å². The summed E-state index contributed by atoms with van der Waals surface area (Å²) in [6.45, 7) is 0. The summed E-state index contributed by atoms with van der Waals surface area (Å²) < 4.78 is 4.98. The first-order valence-electron chi connectivity index (χ1n) is 5.11. The van der Waals surface area contributed by atoms with E-state index >= 15 is 0 Å². The summed E-state index contributed by atoms with van der Waals surface area (Å²) in [5, 5.41) is 0. The van der Waals surface area contributed by atoms with E-state index in [2.05, 4.69) is 32.0 Å². The van der Waals surface area contributed by atoms with Crippen LogP contribution in [-0.2, 0) is 0 Å². The Morgan fingerprint density at radius 2 is 1.53 bits per heavy atom. The van der Waals surface area contributed by atoms with Crippen molar-refractivity contribution in [2.24, 2.45) is 0 Å². The SMILES string of the molecule is Brc1ccc(-n2ccnc2)c(-n2ccnc2)c1. The van der Waals surface area contributed by atoms with Crippen molar-refractivity contribution in [3.8, 4) is 11.4 Å². The number of nitrogens with zero attached hydrogens (tertiary/aromatic N) is 4. The summed E-state index contributed by atoms with van der Waals surface area (Å²) in [5.41, 5.74) is 2.11. The highest BCUT2D eigenvalue weighted by atomic mass is 79.9. The first-order valence-corrected chi connectivity index (χ1v) is 5.90. The third-order valence-electron chi connectivity index (χ3n) is 2.50. The molecule has 0 aliphatic carbocycles. The van der Waals surface area contributed by atoms with E-state index in [0.717, 1.165) is 15.8 Å². The maximum Gasteiger partial charge on any atom is 0.0992 e. The van der Waals surface area contributed by atoms with E-state index in [1.165, 1.54) is 0 Å². The Labute approximate surface area is 107 Å². The Morgan fingerprint density at radius 3 is 2.12 bits per heavy atom. The molecule has 0 saturated heterocycles. The molecule has 0 spiro atoms. The van der Waals surface area contributed by atoms with E-state index in [9.17, 15) is 0 Å². The van der Waals surface area contributed by atoms with Crippen LogP contribution in [0.3, 0.4) is 0 Å². The minimum atomic E-state index is 1.03. The summed E-state index contributed by atoms with van der Waals surface area (Å²) in [6.07, 6.45) is 10.9. The Bertz CT molecular complexity index is 614. The molecule has 0 aliphatic heterocycles. The summed E-state index contributed by atoms with van der Waals surface area (Å²) >= 11 is 3.49. The Morgan fingerprint density at radius 1 is 0.882 bits per heavy atom. The second-order valence-electron chi connectivity index (χ2n) is 3.57. The topological polar surface area (TPSA) is 35.6 Å². The third-order valence-corrected chi connectivity index (χ3v) is 3.00. The van der Waals surface area contributed by atoms with Crippen molar-refractivity contribution in [2.45, 2.75) is 0 Å². The molecule has 17 heavy (non-hydrogen) atoms. The van der Waals surface area contributed by atoms with Crippen molar-refractivity contribution in [1.29, 1.82) is 0 Å². The number of hydrogen-bond acceptors (Lipinski definition) is 2. The minimum absolute atomic E-state index is 1.03. The molecule has 0 saturated carbocycles. The maximum absolute atomic E-state index is 4.07. The van der Waals surface area contributed by atoms with E-state index < -0.39 is 0 Å². The molecule has 2 aromatic heterocycles. The molecule has 0 N–H and O–H groups in total. The summed E-state index contributed by atoms with van der Waals surface area (Å²) in [5.74, 6) is 0. The smallest absolute Gasteiger partial charge is 0.0992 e. The van der Waals surface area contributed by atoms with Crippen LogP contribution in [0.25, 0.3) is 11.4 Å². The van der Waals surface area contributed by atoms with Gasteiger partial charge in [0.1, 0.15) is 0 Å². The Kier molecular flexibility index (Phi) is 2.53. The zero-order valence-electron chi connectivity index (χ0n) is 8.86. The summed E-state index contributed by atoms with van der Waals surface area (Å²) in [6, 6.07) is 6.11. The van der Waals surface area contributed by atoms with Crippen molar-refractivity contribution in [2.75, 3.05) is 0 Å². The molecular formula is C12H9BrN4. The second kappa shape index (κ2) is 4.18. The molecule has 0 aliphatic rings. The largest absolute Gasteiger partial charge is 0.304 e. The number of benzene rings is 1. The molecule has 0 unspecified atom stereocenters. The minimum Gasteiger partial charge on any atom is -0.304 e. The lowest BCUT2D eigenvalue weighted by molar-refractivity contribution is 0.984. The maximum atomic E-state index is 4.07. The lowest BCUT2D eigenvalue weighted by Gasteiger charge is -2.11. The second-order valence-corrected chi connectivity index (χ2v) is 4.49. The highest BCUT2D eigenvalue weighted by Crippen LogP contribution is 2.23. The Hall–Kier alpha value is -1.88. The van der Waals surface area contributed by atoms with Gasteiger partial charge in [-0.05, 0) is 18.2 Å². The fourth-order valence-corrected chi connectivity index (χ4v) is 2.07. The lowest BCUT2D eigenvalue weighted by atomic mass is 10.2. The van der Waals surface area contributed by atoms with Crippen molar-refractivity contribution < 1.29 is 0 Å². The van der Waals surface area contributed by atoms with E-state index in [1.54, 1.807) is 25.0 Å². The van der Waals surface area contributed by atoms with Crippen LogP contribution < -0.4 is 0 Å². The average molecular weight is 289 g/mol. The van der Waals surface area contributed by atoms with E-state index in [1.807, 2.05) is 33.7 Å². The number of hydrogen-bond donors (Lipinski definition) is 0. The molecule has 2 heterocycles. The molecule has 1 aromatic carbocycles. The van der Waals surface area contributed by atoms with E-state index in [0.29, 0.717) is 0 Å². The van der Waals surface area contributed by atoms with Gasteiger partial charge in [0.15, 0.2) is 0 Å². The average Bonchev–Trinajstić information content (AvgIpc) is 3.02. The van der Waals surface area contributed by atoms with Gasteiger partial charge in [0, 0.05) is 29.3 Å². The van der Waals surface area contributed by atoms with E-state index in [4.69, 9.17) is 0 Å². The van der Waals surface area contributed by atoms with Gasteiger partial charge in [-0.1, -0.05) is 15.9 Å². The van der Waals surface area contributed by atoms with Crippen LogP contribution in [0.15, 0.2) is 60.1 Å². The molecular weight excluding hydrogens is 280 g/mol. The van der Waals surface area contributed by atoms with Gasteiger partial charge in [0.25, 0.3) is 0 Å². The summed E-state index contributed by atoms with van der Waals surface area (Å²) in [4.78, 5) is 8.14. The van der Waals surface area contributed by atoms with E-state index in [-0.39, 0.29) is 0 Å². The standard InChI is InChI=1S/C12H9BrN4/c13-10-1-2-11(16-5-3-14-8-16)12(7-10)17-6-4-15-9-17/h1-9H. The number of imidazole rings is 2. The highest BCUT2D eigenvalue weighted by molar-refractivity contribution is 9.10. The number of aromatic nitrogens is 4. The predicted molar refractivity (Wildman–Crippen MR) is 68.4 cm³/mol. The Balaban J connectivity index is 2.22. The third kappa shape index (κ3) is 1.89. The van der Waals surface area contributed by atoms with Gasteiger partial charge in [-0.25, -0.2) is 9.97 Å². The number of halogens is 1. The molecule has 0 bridgehead atoms. The van der Waals surface area contributed by atoms with Crippen LogP contribution in [-0.4, -0.2) is 19.1 Å². The van der Waals surface area contributed by atoms with Gasteiger partial charge in [-0.15, -0.1) is 0 Å². The van der Waals surface area contributed by atoms with Gasteiger partial charge >= 0.3 is 0 Å². The fraction of sp³-hybridized carbons (Fsp3) is 0. The van der Waals surface area contributed by atoms with Gasteiger partial charge in [-0.3, -0.25) is 0 Å². The zero-order valence-corrected chi connectivity index (χ0v) is 10.4. The van der Waals surface area contributed by atoms with Gasteiger partial charge in [0.05, 0.1) is 24.0 Å². The molecule has 84 valence electrons. The molecule has 0 atom stereocenters. The first-order chi connectivity index (χ1) is 8.34. The lowest BCUT2D eigenvalue weighted by Crippen LogP contribution is -1.99. The molecule has 0 fully saturated rings. The van der Waals surface area contributed by atoms with Crippen LogP contribution >= 0.6 is 15.9 Å². The van der Waals surface area contributed by atoms with Crippen LogP contribution in [0.5, 0.6) is 0 Å². The van der Waals surface area contributed by atoms with Crippen LogP contribution in [0.2, 0.25) is 0 Å². The van der Waals surface area contributed by atoms with Crippen molar-refractivity contribution in [3.05, 3.63) is 60.1 Å². The molecule has 3 rings (SSSR count). The first kappa shape index (κ1) is 10.3. The normalized spacial score (nSPS) is 10.6. The summed E-state index contributed by atoms with van der Waals surface area (Å²) in [7, 11) is 0. The monoisotopic (exact) mass is 288 g/mol. The van der Waals surface area contributed by atoms with Crippen molar-refractivity contribution in [3.63, 3.8) is 0 Å². The van der Waals surface area contributed by atoms with Gasteiger partial charge in [0.2, 0.25) is 0 Å². The molecule has 3 aromatic rings. The molecule has 0 radical (unpaired) electrons. The molecule has 0 amide bonds. The zero-order chi connectivity index (χ0) is 11.7. The quantitative estimate of drug-likeness (QED) is 0.727. The predicted octanol–water partition coefficient (Wildman–Crippen LogP) is 2.82. The van der Waals surface area contributed by atoms with Gasteiger partial charge in [-0.2, -0.15) is 0 Å². The van der Waals surface area contributed by atoms with Gasteiger partial charge < -0.3 is 9.13 Å². The van der Waals surface area contributed by atoms with Crippen LogP contribution in [0.4, 0.5) is 0 Å². The molecule has 5 heteroatoms. The highest BCUT2D eigenvalue weighted by Gasteiger charge is 2.06. The van der Waals surface area contributed by atoms with Crippen molar-refractivity contribution >= 4 is 15.9 Å². The van der Waals surface area contributed by atoms with Crippen LogP contribution in [0, 0.1) is 0 Å².